The summed E-state index contributed by atoms with van der Waals surface area (Å²) in [6.45, 7) is 0. The lowest BCUT2D eigenvalue weighted by Crippen LogP contribution is -2.82. The van der Waals surface area contributed by atoms with Crippen LogP contribution in [-0.4, -0.2) is 42.2 Å². The Labute approximate surface area is 179 Å². The number of nitrogens with two attached hydrogens (primary N) is 1. The van der Waals surface area contributed by atoms with Crippen molar-refractivity contribution in [3.05, 3.63) is 41.2 Å². The number of halogens is 2. The minimum absolute atomic E-state index is 0.0836. The molecule has 1 amide bonds. The fraction of sp³-hybridized carbons (Fsp3) is 0.500. The Kier molecular flexibility index (Phi) is 7.86. The largest absolute Gasteiger partial charge is 0.496 e. The van der Waals surface area contributed by atoms with Crippen LogP contribution in [0.2, 0.25) is 0 Å². The summed E-state index contributed by atoms with van der Waals surface area (Å²) in [5.41, 5.74) is -0.0951. The summed E-state index contributed by atoms with van der Waals surface area (Å²) in [4.78, 5) is 25.3. The van der Waals surface area contributed by atoms with Gasteiger partial charge in [0.25, 0.3) is 0 Å². The van der Waals surface area contributed by atoms with Gasteiger partial charge in [-0.15, -0.1) is 0 Å². The number of primary amides is 1. The molecule has 1 fully saturated rings. The van der Waals surface area contributed by atoms with E-state index in [0.717, 1.165) is 49.9 Å². The zero-order chi connectivity index (χ0) is 22.4. The van der Waals surface area contributed by atoms with E-state index in [9.17, 15) is 18.4 Å². The van der Waals surface area contributed by atoms with Crippen LogP contribution >= 0.6 is 0 Å². The zero-order valence-electron chi connectivity index (χ0n) is 17.7. The first-order chi connectivity index (χ1) is 14.9. The minimum Gasteiger partial charge on any atom is -0.496 e. The first-order valence-corrected chi connectivity index (χ1v) is 10.4. The number of ether oxygens (including phenoxy) is 2. The van der Waals surface area contributed by atoms with Crippen molar-refractivity contribution in [3.8, 4) is 5.75 Å². The summed E-state index contributed by atoms with van der Waals surface area (Å²) in [5.74, 6) is -2.91. The number of methoxy groups -OCH3 is 2. The van der Waals surface area contributed by atoms with E-state index in [1.807, 2.05) is 0 Å². The Morgan fingerprint density at radius 3 is 2.61 bits per heavy atom. The number of benzene rings is 1. The maximum Gasteiger partial charge on any atom is 0.354 e. The van der Waals surface area contributed by atoms with Gasteiger partial charge in [-0.3, -0.25) is 9.89 Å². The van der Waals surface area contributed by atoms with Gasteiger partial charge in [0.2, 0.25) is 0 Å². The molecule has 3 rings (SSSR count). The van der Waals surface area contributed by atoms with E-state index in [0.29, 0.717) is 18.4 Å². The number of ketones is 1. The second-order valence-corrected chi connectivity index (χ2v) is 7.84. The minimum atomic E-state index is -1.29. The van der Waals surface area contributed by atoms with Crippen LogP contribution in [0.3, 0.4) is 0 Å². The van der Waals surface area contributed by atoms with Gasteiger partial charge in [-0.05, 0) is 50.2 Å². The fourth-order valence-corrected chi connectivity index (χ4v) is 4.11. The van der Waals surface area contributed by atoms with Crippen LogP contribution in [0.5, 0.6) is 5.75 Å². The van der Waals surface area contributed by atoms with Crippen molar-refractivity contribution in [1.29, 1.82) is 0 Å². The van der Waals surface area contributed by atoms with Gasteiger partial charge in [0.05, 0.1) is 13.2 Å². The molecule has 31 heavy (non-hydrogen) atoms. The Hall–Kier alpha value is -2.65. The van der Waals surface area contributed by atoms with Crippen molar-refractivity contribution < 1.29 is 33.2 Å². The molecule has 9 heteroatoms. The van der Waals surface area contributed by atoms with E-state index in [1.54, 1.807) is 7.11 Å². The molecule has 0 radical (unpaired) electrons. The SMILES string of the molecule is COc1ccc(F)c(F)c1C(=O)[NH2+]c1cn[nH]c1C(=O)CCCC1CCC(OC)CC1. The summed E-state index contributed by atoms with van der Waals surface area (Å²) in [7, 11) is 3.00. The lowest BCUT2D eigenvalue weighted by molar-refractivity contribution is -0.464. The molecule has 1 aromatic heterocycles. The van der Waals surface area contributed by atoms with Crippen LogP contribution < -0.4 is 10.1 Å². The number of rotatable bonds is 9. The van der Waals surface area contributed by atoms with E-state index in [2.05, 4.69) is 10.2 Å². The summed E-state index contributed by atoms with van der Waals surface area (Å²) in [6.07, 6.45) is 7.99. The predicted octanol–water partition coefficient (Wildman–Crippen LogP) is 3.29. The van der Waals surface area contributed by atoms with Crippen molar-refractivity contribution in [1.82, 2.24) is 10.2 Å². The monoisotopic (exact) mass is 436 g/mol. The van der Waals surface area contributed by atoms with Gasteiger partial charge in [0, 0.05) is 13.5 Å². The fourth-order valence-electron chi connectivity index (χ4n) is 4.11. The van der Waals surface area contributed by atoms with Crippen molar-refractivity contribution >= 4 is 17.4 Å². The normalized spacial score (nSPS) is 18.7. The number of aromatic nitrogens is 2. The van der Waals surface area contributed by atoms with E-state index in [-0.39, 0.29) is 22.9 Å². The first kappa shape index (κ1) is 23.0. The van der Waals surface area contributed by atoms with E-state index in [4.69, 9.17) is 9.47 Å². The molecule has 0 unspecified atom stereocenters. The quantitative estimate of drug-likeness (QED) is 0.588. The maximum atomic E-state index is 14.2. The van der Waals surface area contributed by atoms with Crippen molar-refractivity contribution in [3.63, 3.8) is 0 Å². The highest BCUT2D eigenvalue weighted by Gasteiger charge is 2.28. The molecular weight excluding hydrogens is 408 g/mol. The third kappa shape index (κ3) is 5.54. The number of carbonyl (C=O) groups excluding carboxylic acids is 2. The Bertz CT molecular complexity index is 923. The van der Waals surface area contributed by atoms with Crippen LogP contribution in [0, 0.1) is 17.6 Å². The molecule has 168 valence electrons. The lowest BCUT2D eigenvalue weighted by Gasteiger charge is -2.27. The van der Waals surface area contributed by atoms with E-state index < -0.39 is 23.1 Å². The highest BCUT2D eigenvalue weighted by Crippen LogP contribution is 2.30. The molecule has 1 aliphatic carbocycles. The van der Waals surface area contributed by atoms with Crippen molar-refractivity contribution in [2.24, 2.45) is 5.92 Å². The van der Waals surface area contributed by atoms with E-state index in [1.165, 1.54) is 19.4 Å². The molecular formula is C22H28F2N3O4+. The molecule has 0 atom stereocenters. The standard InChI is InChI=1S/C22H27F2N3O4/c1-30-14-8-6-13(7-9-14)4-3-5-17(28)21-16(12-25-27-21)26-22(29)19-18(31-2)11-10-15(23)20(19)24/h10-14H,3-9H2,1-2H3,(H,25,27)(H,26,29)/p+1. The van der Waals surface area contributed by atoms with Gasteiger partial charge in [-0.2, -0.15) is 5.10 Å². The summed E-state index contributed by atoms with van der Waals surface area (Å²) in [5, 5.41) is 7.54. The molecule has 2 aromatic rings. The number of carbonyl (C=O) groups is 2. The van der Waals surface area contributed by atoms with Crippen LogP contribution in [0.15, 0.2) is 18.3 Å². The topological polar surface area (TPSA) is 97.9 Å². The number of aromatic amines is 1. The van der Waals surface area contributed by atoms with Gasteiger partial charge in [0.1, 0.15) is 11.9 Å². The van der Waals surface area contributed by atoms with Gasteiger partial charge in [0.15, 0.2) is 34.4 Å². The molecule has 3 N–H and O–H groups in total. The van der Waals surface area contributed by atoms with Gasteiger partial charge < -0.3 is 9.47 Å². The van der Waals surface area contributed by atoms with Crippen LogP contribution in [0.25, 0.3) is 0 Å². The number of amides is 1. The highest BCUT2D eigenvalue weighted by atomic mass is 19.2. The number of nitrogens with one attached hydrogen (secondary N) is 1. The molecule has 0 spiro atoms. The number of Topliss-reactive ketones (excluding diaryl/α,β-unsaturated/α-hetero) is 1. The Morgan fingerprint density at radius 2 is 1.94 bits per heavy atom. The molecule has 0 saturated heterocycles. The molecule has 1 aliphatic rings. The first-order valence-electron chi connectivity index (χ1n) is 10.4. The smallest absolute Gasteiger partial charge is 0.354 e. The van der Waals surface area contributed by atoms with Gasteiger partial charge in [-0.25, -0.2) is 18.9 Å². The van der Waals surface area contributed by atoms with Crippen LogP contribution in [-0.2, 0) is 4.74 Å². The van der Waals surface area contributed by atoms with E-state index >= 15 is 0 Å². The van der Waals surface area contributed by atoms with Crippen molar-refractivity contribution in [2.45, 2.75) is 51.0 Å². The van der Waals surface area contributed by atoms with Gasteiger partial charge in [-0.1, -0.05) is 6.42 Å². The number of hydrogen-bond acceptors (Lipinski definition) is 5. The molecule has 1 saturated carbocycles. The number of hydrogen-bond donors (Lipinski definition) is 2. The number of quaternary nitrogens is 1. The van der Waals surface area contributed by atoms with Crippen LogP contribution in [0.4, 0.5) is 14.5 Å². The summed E-state index contributed by atoms with van der Waals surface area (Å²) >= 11 is 0. The Balaban J connectivity index is 1.59. The Morgan fingerprint density at radius 1 is 1.19 bits per heavy atom. The van der Waals surface area contributed by atoms with Crippen molar-refractivity contribution in [2.75, 3.05) is 14.2 Å². The van der Waals surface area contributed by atoms with Gasteiger partial charge >= 0.3 is 5.91 Å². The lowest BCUT2D eigenvalue weighted by atomic mass is 9.84. The molecule has 1 heterocycles. The second kappa shape index (κ2) is 10.6. The average Bonchev–Trinajstić information content (AvgIpc) is 3.24. The number of H-pyrrole nitrogens is 1. The molecule has 0 aliphatic heterocycles. The maximum absolute atomic E-state index is 14.2. The molecule has 1 aromatic carbocycles. The zero-order valence-corrected chi connectivity index (χ0v) is 17.7. The molecule has 0 bridgehead atoms. The second-order valence-electron chi connectivity index (χ2n) is 7.84. The van der Waals surface area contributed by atoms with Crippen LogP contribution in [0.1, 0.15) is 65.8 Å². The number of nitrogens with zero attached hydrogens (tertiary/aromatic N) is 1. The predicted molar refractivity (Wildman–Crippen MR) is 108 cm³/mol. The average molecular weight is 436 g/mol. The molecule has 7 nitrogen and oxygen atoms in total. The summed E-state index contributed by atoms with van der Waals surface area (Å²) in [6, 6.07) is 2.07. The third-order valence-corrected chi connectivity index (χ3v) is 5.90. The highest BCUT2D eigenvalue weighted by molar-refractivity contribution is 5.99. The third-order valence-electron chi connectivity index (χ3n) is 5.90. The summed E-state index contributed by atoms with van der Waals surface area (Å²) < 4.78 is 38.1.